The van der Waals surface area contributed by atoms with E-state index in [0.29, 0.717) is 22.4 Å². The number of benzene rings is 1. The maximum absolute atomic E-state index is 12.2. The zero-order valence-corrected chi connectivity index (χ0v) is 11.8. The maximum atomic E-state index is 12.2. The van der Waals surface area contributed by atoms with Crippen LogP contribution in [0.15, 0.2) is 48.8 Å². The highest BCUT2D eigenvalue weighted by Crippen LogP contribution is 2.36. The van der Waals surface area contributed by atoms with Gasteiger partial charge in [0, 0.05) is 35.9 Å². The van der Waals surface area contributed by atoms with E-state index in [4.69, 9.17) is 4.74 Å². The normalized spacial score (nSPS) is 15.0. The number of esters is 2. The Morgan fingerprint density at radius 3 is 2.55 bits per heavy atom. The number of ether oxygens (including phenoxy) is 1. The van der Waals surface area contributed by atoms with Crippen molar-refractivity contribution in [1.82, 2.24) is 9.55 Å². The Hall–Kier alpha value is -3.08. The van der Waals surface area contributed by atoms with E-state index in [2.05, 4.69) is 4.98 Å². The van der Waals surface area contributed by atoms with Crippen molar-refractivity contribution in [2.75, 3.05) is 0 Å². The molecule has 5 heteroatoms. The van der Waals surface area contributed by atoms with Gasteiger partial charge in [0.2, 0.25) is 0 Å². The first-order valence-corrected chi connectivity index (χ1v) is 6.86. The smallest absolute Gasteiger partial charge is 0.349 e. The number of hydrogen-bond donors (Lipinski definition) is 1. The number of rotatable bonds is 2. The summed E-state index contributed by atoms with van der Waals surface area (Å²) in [7, 11) is 1.82. The van der Waals surface area contributed by atoms with Crippen LogP contribution in [0.1, 0.15) is 11.3 Å². The van der Waals surface area contributed by atoms with Crippen molar-refractivity contribution in [3.05, 3.63) is 60.0 Å². The summed E-state index contributed by atoms with van der Waals surface area (Å²) in [5, 5.41) is 0.885. The van der Waals surface area contributed by atoms with E-state index in [1.807, 2.05) is 43.6 Å². The number of aryl methyl sites for hydroxylation is 1. The van der Waals surface area contributed by atoms with E-state index in [0.717, 1.165) is 10.9 Å². The lowest BCUT2D eigenvalue weighted by atomic mass is 9.99. The number of hydrogen-bond acceptors (Lipinski definition) is 3. The Bertz CT molecular complexity index is 959. The molecule has 0 fully saturated rings. The van der Waals surface area contributed by atoms with E-state index < -0.39 is 11.9 Å². The van der Waals surface area contributed by atoms with Crippen LogP contribution in [0.5, 0.6) is 0 Å². The number of aromatic nitrogens is 2. The average molecular weight is 292 g/mol. The van der Waals surface area contributed by atoms with Crippen LogP contribution >= 0.6 is 0 Å². The van der Waals surface area contributed by atoms with Crippen molar-refractivity contribution in [3.8, 4) is 0 Å². The molecule has 0 spiro atoms. The van der Waals surface area contributed by atoms with Crippen LogP contribution in [0.2, 0.25) is 0 Å². The lowest BCUT2D eigenvalue weighted by molar-refractivity contribution is -0.149. The molecule has 0 saturated heterocycles. The van der Waals surface area contributed by atoms with Crippen LogP contribution in [0.4, 0.5) is 0 Å². The molecule has 2 aromatic heterocycles. The van der Waals surface area contributed by atoms with E-state index in [1.54, 1.807) is 16.8 Å². The number of nitrogens with zero attached hydrogens (tertiary/aromatic N) is 1. The molecule has 0 radical (unpaired) electrons. The number of carbonyl (C=O) groups is 2. The lowest BCUT2D eigenvalue weighted by Crippen LogP contribution is -2.03. The molecule has 4 rings (SSSR count). The Morgan fingerprint density at radius 1 is 1.00 bits per heavy atom. The van der Waals surface area contributed by atoms with Crippen LogP contribution in [0.3, 0.4) is 0 Å². The second-order valence-electron chi connectivity index (χ2n) is 5.18. The Kier molecular flexibility index (Phi) is 2.56. The monoisotopic (exact) mass is 292 g/mol. The third-order valence-electron chi connectivity index (χ3n) is 3.90. The topological polar surface area (TPSA) is 64.1 Å². The molecule has 0 aliphatic carbocycles. The number of nitrogens with one attached hydrogen (secondary N) is 1. The van der Waals surface area contributed by atoms with Gasteiger partial charge in [-0.15, -0.1) is 0 Å². The van der Waals surface area contributed by atoms with Crippen molar-refractivity contribution in [2.45, 2.75) is 0 Å². The Balaban J connectivity index is 2.05. The van der Waals surface area contributed by atoms with Gasteiger partial charge in [0.25, 0.3) is 0 Å². The summed E-state index contributed by atoms with van der Waals surface area (Å²) >= 11 is 0. The first-order chi connectivity index (χ1) is 10.7. The van der Waals surface area contributed by atoms with Crippen molar-refractivity contribution < 1.29 is 14.3 Å². The second kappa shape index (κ2) is 4.46. The van der Waals surface area contributed by atoms with Crippen LogP contribution in [-0.4, -0.2) is 21.5 Å². The molecule has 1 aliphatic heterocycles. The summed E-state index contributed by atoms with van der Waals surface area (Å²) in [6.07, 6.45) is 3.56. The number of carbonyl (C=O) groups excluding carboxylic acids is 2. The minimum Gasteiger partial charge on any atom is -0.386 e. The third-order valence-corrected chi connectivity index (χ3v) is 3.90. The van der Waals surface area contributed by atoms with E-state index in [1.165, 1.54) is 0 Å². The fourth-order valence-corrected chi connectivity index (χ4v) is 2.87. The van der Waals surface area contributed by atoms with Gasteiger partial charge in [-0.05, 0) is 18.2 Å². The number of fused-ring (bicyclic) bond motifs is 1. The quantitative estimate of drug-likeness (QED) is 0.583. The fraction of sp³-hybridized carbons (Fsp3) is 0.0588. The first-order valence-electron chi connectivity index (χ1n) is 6.86. The molecular weight excluding hydrogens is 280 g/mol. The molecule has 0 bridgehead atoms. The Morgan fingerprint density at radius 2 is 1.77 bits per heavy atom. The molecule has 108 valence electrons. The van der Waals surface area contributed by atoms with Gasteiger partial charge in [-0.2, -0.15) is 0 Å². The standard InChI is InChI=1S/C17H12N2O3/c1-19-8-4-7-13(19)15-14(16(20)22-17(15)21)11-9-18-12-6-3-2-5-10(11)12/h2-9,18H,1H3. The minimum atomic E-state index is -0.606. The van der Waals surface area contributed by atoms with Crippen molar-refractivity contribution in [2.24, 2.45) is 7.05 Å². The molecule has 1 N–H and O–H groups in total. The molecule has 5 nitrogen and oxygen atoms in total. The molecule has 1 aromatic carbocycles. The number of para-hydroxylation sites is 1. The predicted octanol–water partition coefficient (Wildman–Crippen LogP) is 2.50. The zero-order chi connectivity index (χ0) is 15.3. The van der Waals surface area contributed by atoms with Gasteiger partial charge >= 0.3 is 11.9 Å². The SMILES string of the molecule is Cn1cccc1C1=C(c2c[nH]c3ccccc23)C(=O)OC1=O. The zero-order valence-electron chi connectivity index (χ0n) is 11.8. The highest BCUT2D eigenvalue weighted by atomic mass is 16.6. The summed E-state index contributed by atoms with van der Waals surface area (Å²) in [6, 6.07) is 11.3. The molecule has 22 heavy (non-hydrogen) atoms. The van der Waals surface area contributed by atoms with E-state index >= 15 is 0 Å². The number of H-pyrrole nitrogens is 1. The van der Waals surface area contributed by atoms with Gasteiger partial charge in [0.1, 0.15) is 0 Å². The van der Waals surface area contributed by atoms with Crippen LogP contribution in [0, 0.1) is 0 Å². The summed E-state index contributed by atoms with van der Waals surface area (Å²) in [5.41, 5.74) is 2.87. The minimum absolute atomic E-state index is 0.308. The van der Waals surface area contributed by atoms with Gasteiger partial charge in [0.15, 0.2) is 0 Å². The average Bonchev–Trinajstić information content (AvgIpc) is 3.16. The van der Waals surface area contributed by atoms with Crippen molar-refractivity contribution in [1.29, 1.82) is 0 Å². The van der Waals surface area contributed by atoms with Gasteiger partial charge in [-0.1, -0.05) is 18.2 Å². The highest BCUT2D eigenvalue weighted by molar-refractivity contribution is 6.45. The van der Waals surface area contributed by atoms with Gasteiger partial charge < -0.3 is 14.3 Å². The number of aromatic amines is 1. The lowest BCUT2D eigenvalue weighted by Gasteiger charge is -2.03. The molecule has 0 amide bonds. The van der Waals surface area contributed by atoms with Gasteiger partial charge in [-0.3, -0.25) is 0 Å². The van der Waals surface area contributed by atoms with Gasteiger partial charge in [-0.25, -0.2) is 9.59 Å². The van der Waals surface area contributed by atoms with Crippen LogP contribution in [-0.2, 0) is 21.4 Å². The van der Waals surface area contributed by atoms with Crippen LogP contribution in [0.25, 0.3) is 22.0 Å². The van der Waals surface area contributed by atoms with Crippen molar-refractivity contribution >= 4 is 34.0 Å². The summed E-state index contributed by atoms with van der Waals surface area (Å²) < 4.78 is 6.65. The summed E-state index contributed by atoms with van der Waals surface area (Å²) in [6.45, 7) is 0. The van der Waals surface area contributed by atoms with Crippen molar-refractivity contribution in [3.63, 3.8) is 0 Å². The molecule has 0 unspecified atom stereocenters. The third kappa shape index (κ3) is 1.65. The van der Waals surface area contributed by atoms with Crippen LogP contribution < -0.4 is 0 Å². The summed E-state index contributed by atoms with van der Waals surface area (Å²) in [4.78, 5) is 27.5. The molecular formula is C17H12N2O3. The van der Waals surface area contributed by atoms with E-state index in [-0.39, 0.29) is 0 Å². The molecule has 3 heterocycles. The molecule has 3 aromatic rings. The largest absolute Gasteiger partial charge is 0.386 e. The highest BCUT2D eigenvalue weighted by Gasteiger charge is 2.36. The predicted molar refractivity (Wildman–Crippen MR) is 81.6 cm³/mol. The van der Waals surface area contributed by atoms with E-state index in [9.17, 15) is 9.59 Å². The maximum Gasteiger partial charge on any atom is 0.349 e. The molecule has 0 saturated carbocycles. The first kappa shape index (κ1) is 12.6. The summed E-state index contributed by atoms with van der Waals surface area (Å²) in [5.74, 6) is -1.21. The number of cyclic esters (lactones) is 2. The molecule has 0 atom stereocenters. The molecule has 1 aliphatic rings. The second-order valence-corrected chi connectivity index (χ2v) is 5.18. The van der Waals surface area contributed by atoms with Gasteiger partial charge in [0.05, 0.1) is 16.8 Å². The Labute approximate surface area is 125 Å². The fourth-order valence-electron chi connectivity index (χ4n) is 2.87.